The highest BCUT2D eigenvalue weighted by atomic mass is 35.5. The molecule has 0 aliphatic carbocycles. The van der Waals surface area contributed by atoms with E-state index in [9.17, 15) is 4.79 Å². The Balaban J connectivity index is 1.80. The van der Waals surface area contributed by atoms with E-state index >= 15 is 0 Å². The van der Waals surface area contributed by atoms with Gasteiger partial charge in [-0.1, -0.05) is 11.6 Å². The first-order chi connectivity index (χ1) is 11.7. The molecule has 122 valence electrons. The lowest BCUT2D eigenvalue weighted by molar-refractivity contribution is -0.119. The molecule has 2 aliphatic rings. The molecule has 5 nitrogen and oxygen atoms in total. The number of nitrogens with zero attached hydrogens (tertiary/aromatic N) is 2. The molecule has 2 aliphatic heterocycles. The number of carbonyl (C=O) groups excluding carboxylic acids is 1. The van der Waals surface area contributed by atoms with E-state index < -0.39 is 0 Å². The van der Waals surface area contributed by atoms with Gasteiger partial charge < -0.3 is 10.1 Å². The summed E-state index contributed by atoms with van der Waals surface area (Å²) in [4.78, 5) is 12.5. The van der Waals surface area contributed by atoms with Gasteiger partial charge in [-0.2, -0.15) is 5.10 Å². The van der Waals surface area contributed by atoms with Gasteiger partial charge in [0.05, 0.1) is 18.5 Å². The van der Waals surface area contributed by atoms with Gasteiger partial charge in [0.1, 0.15) is 5.75 Å². The molecule has 24 heavy (non-hydrogen) atoms. The second-order valence-electron chi connectivity index (χ2n) is 5.86. The van der Waals surface area contributed by atoms with Crippen LogP contribution in [0, 0.1) is 5.92 Å². The Kier molecular flexibility index (Phi) is 3.65. The molecule has 2 aromatic rings. The van der Waals surface area contributed by atoms with Crippen LogP contribution in [0.25, 0.3) is 0 Å². The molecule has 1 unspecified atom stereocenters. The molecule has 2 aromatic carbocycles. The van der Waals surface area contributed by atoms with Gasteiger partial charge in [-0.05, 0) is 42.5 Å². The topological polar surface area (TPSA) is 53.9 Å². The van der Waals surface area contributed by atoms with Crippen LogP contribution in [0.15, 0.2) is 47.6 Å². The van der Waals surface area contributed by atoms with Crippen molar-refractivity contribution in [1.82, 2.24) is 0 Å². The molecule has 0 aromatic heterocycles. The maximum Gasteiger partial charge on any atom is 0.248 e. The number of anilines is 2. The zero-order valence-corrected chi connectivity index (χ0v) is 13.9. The molecule has 1 atom stereocenters. The summed E-state index contributed by atoms with van der Waals surface area (Å²) in [5.74, 6) is 0.828. The minimum Gasteiger partial charge on any atom is -0.497 e. The van der Waals surface area contributed by atoms with Gasteiger partial charge in [-0.25, -0.2) is 5.01 Å². The smallest absolute Gasteiger partial charge is 0.248 e. The highest BCUT2D eigenvalue weighted by molar-refractivity contribution is 6.30. The Morgan fingerprint density at radius 3 is 2.79 bits per heavy atom. The third kappa shape index (κ3) is 2.51. The average molecular weight is 342 g/mol. The number of ether oxygens (including phenoxy) is 1. The van der Waals surface area contributed by atoms with Crippen molar-refractivity contribution in [2.75, 3.05) is 24.0 Å². The lowest BCUT2D eigenvalue weighted by Gasteiger charge is -2.34. The molecule has 0 spiro atoms. The maximum absolute atomic E-state index is 12.5. The van der Waals surface area contributed by atoms with Crippen molar-refractivity contribution >= 4 is 34.6 Å². The molecule has 0 saturated carbocycles. The standard InChI is InChI=1S/C18H16ClN3O2/c1-24-14-6-7-16-15(9-14)18-11(10-20-16)8-17(23)22(21-18)13-4-2-12(19)3-5-13/h2-7,9,11,20H,8,10H2,1H3. The third-order valence-electron chi connectivity index (χ3n) is 4.36. The molecule has 6 heteroatoms. The Labute approximate surface area is 144 Å². The number of carbonyl (C=O) groups is 1. The van der Waals surface area contributed by atoms with Gasteiger partial charge >= 0.3 is 0 Å². The summed E-state index contributed by atoms with van der Waals surface area (Å²) in [6.07, 6.45) is 0.422. The van der Waals surface area contributed by atoms with Gasteiger partial charge in [0.2, 0.25) is 5.91 Å². The van der Waals surface area contributed by atoms with Crippen LogP contribution in [0.5, 0.6) is 5.75 Å². The van der Waals surface area contributed by atoms with Gasteiger partial charge in [0.25, 0.3) is 0 Å². The Bertz CT molecular complexity index is 833. The molecule has 1 amide bonds. The fraction of sp³-hybridized carbons (Fsp3) is 0.222. The van der Waals surface area contributed by atoms with E-state index in [-0.39, 0.29) is 11.8 Å². The van der Waals surface area contributed by atoms with Gasteiger partial charge in [-0.15, -0.1) is 0 Å². The van der Waals surface area contributed by atoms with Crippen LogP contribution in [0.2, 0.25) is 5.02 Å². The summed E-state index contributed by atoms with van der Waals surface area (Å²) in [6, 6.07) is 13.0. The van der Waals surface area contributed by atoms with Gasteiger partial charge in [-0.3, -0.25) is 4.79 Å². The fourth-order valence-electron chi connectivity index (χ4n) is 3.12. The van der Waals surface area contributed by atoms with Gasteiger partial charge in [0, 0.05) is 35.2 Å². The first-order valence-electron chi connectivity index (χ1n) is 7.75. The number of halogens is 1. The molecule has 1 N–H and O–H groups in total. The maximum atomic E-state index is 12.5. The summed E-state index contributed by atoms with van der Waals surface area (Å²) >= 11 is 5.94. The second kappa shape index (κ2) is 5.83. The normalized spacial score (nSPS) is 19.1. The number of nitrogens with one attached hydrogen (secondary N) is 1. The van der Waals surface area contributed by atoms with Crippen molar-refractivity contribution in [3.63, 3.8) is 0 Å². The second-order valence-corrected chi connectivity index (χ2v) is 6.30. The predicted octanol–water partition coefficient (Wildman–Crippen LogP) is 3.53. The molecule has 0 bridgehead atoms. The molecule has 0 saturated heterocycles. The summed E-state index contributed by atoms with van der Waals surface area (Å²) in [5.41, 5.74) is 3.63. The van der Waals surface area contributed by atoms with Crippen molar-refractivity contribution in [2.45, 2.75) is 6.42 Å². The number of hydrogen-bond donors (Lipinski definition) is 1. The SMILES string of the molecule is COc1ccc2c(c1)C1=NN(c3ccc(Cl)cc3)C(=O)CC1CN2. The van der Waals surface area contributed by atoms with E-state index in [0.717, 1.165) is 28.4 Å². The van der Waals surface area contributed by atoms with Crippen molar-refractivity contribution in [2.24, 2.45) is 11.0 Å². The first-order valence-corrected chi connectivity index (χ1v) is 8.13. The Hall–Kier alpha value is -2.53. The van der Waals surface area contributed by atoms with E-state index in [1.165, 1.54) is 5.01 Å². The average Bonchev–Trinajstić information content (AvgIpc) is 2.61. The minimum absolute atomic E-state index is 0.0146. The third-order valence-corrected chi connectivity index (χ3v) is 4.62. The van der Waals surface area contributed by atoms with Crippen LogP contribution in [0.4, 0.5) is 11.4 Å². The quantitative estimate of drug-likeness (QED) is 0.909. The van der Waals surface area contributed by atoms with E-state index in [2.05, 4.69) is 10.4 Å². The van der Waals surface area contributed by atoms with E-state index in [1.54, 1.807) is 31.4 Å². The summed E-state index contributed by atoms with van der Waals surface area (Å²) in [5, 5.41) is 10.1. The molecule has 4 rings (SSSR count). The van der Waals surface area contributed by atoms with Crippen LogP contribution >= 0.6 is 11.6 Å². The Morgan fingerprint density at radius 1 is 1.25 bits per heavy atom. The van der Waals surface area contributed by atoms with Crippen molar-refractivity contribution in [3.05, 3.63) is 53.1 Å². The number of rotatable bonds is 2. The van der Waals surface area contributed by atoms with Crippen LogP contribution in [0.1, 0.15) is 12.0 Å². The molecule has 0 radical (unpaired) electrons. The molecule has 2 heterocycles. The highest BCUT2D eigenvalue weighted by Crippen LogP contribution is 2.34. The lowest BCUT2D eigenvalue weighted by atomic mass is 9.87. The van der Waals surface area contributed by atoms with Crippen molar-refractivity contribution in [3.8, 4) is 5.75 Å². The Morgan fingerprint density at radius 2 is 2.04 bits per heavy atom. The lowest BCUT2D eigenvalue weighted by Crippen LogP contribution is -2.42. The van der Waals surface area contributed by atoms with Crippen LogP contribution in [-0.4, -0.2) is 25.3 Å². The van der Waals surface area contributed by atoms with Crippen LogP contribution in [-0.2, 0) is 4.79 Å². The summed E-state index contributed by atoms with van der Waals surface area (Å²) in [7, 11) is 1.64. The summed E-state index contributed by atoms with van der Waals surface area (Å²) < 4.78 is 5.33. The summed E-state index contributed by atoms with van der Waals surface area (Å²) in [6.45, 7) is 0.707. The fourth-order valence-corrected chi connectivity index (χ4v) is 3.24. The largest absolute Gasteiger partial charge is 0.497 e. The van der Waals surface area contributed by atoms with E-state index in [4.69, 9.17) is 16.3 Å². The van der Waals surface area contributed by atoms with E-state index in [1.807, 2.05) is 18.2 Å². The van der Waals surface area contributed by atoms with Crippen molar-refractivity contribution in [1.29, 1.82) is 0 Å². The zero-order valence-electron chi connectivity index (χ0n) is 13.1. The van der Waals surface area contributed by atoms with E-state index in [0.29, 0.717) is 18.0 Å². The van der Waals surface area contributed by atoms with Crippen molar-refractivity contribution < 1.29 is 9.53 Å². The molecular formula is C18H16ClN3O2. The molecule has 0 fully saturated rings. The van der Waals surface area contributed by atoms with Gasteiger partial charge in [0.15, 0.2) is 0 Å². The zero-order chi connectivity index (χ0) is 16.7. The number of methoxy groups -OCH3 is 1. The predicted molar refractivity (Wildman–Crippen MR) is 95.1 cm³/mol. The molecular weight excluding hydrogens is 326 g/mol. The van der Waals surface area contributed by atoms with Crippen LogP contribution < -0.4 is 15.1 Å². The first kappa shape index (κ1) is 15.0. The number of amides is 1. The minimum atomic E-state index is -0.0146. The number of hydrogen-bond acceptors (Lipinski definition) is 4. The number of hydrazone groups is 1. The highest BCUT2D eigenvalue weighted by Gasteiger charge is 2.34. The number of fused-ring (bicyclic) bond motifs is 3. The number of benzene rings is 2. The van der Waals surface area contributed by atoms with Crippen LogP contribution in [0.3, 0.4) is 0 Å². The monoisotopic (exact) mass is 341 g/mol.